The van der Waals surface area contributed by atoms with Crippen LogP contribution in [-0.4, -0.2) is 43.2 Å². The zero-order valence-corrected chi connectivity index (χ0v) is 13.3. The van der Waals surface area contributed by atoms with Crippen molar-refractivity contribution in [3.8, 4) is 0 Å². The number of rotatable bonds is 5. The van der Waals surface area contributed by atoms with Crippen molar-refractivity contribution in [2.24, 2.45) is 0 Å². The lowest BCUT2D eigenvalue weighted by atomic mass is 10.0. The second kappa shape index (κ2) is 6.53. The molecule has 6 heteroatoms. The van der Waals surface area contributed by atoms with E-state index in [1.54, 1.807) is 0 Å². The summed E-state index contributed by atoms with van der Waals surface area (Å²) in [6.07, 6.45) is 2.11. The number of nitrogens with zero attached hydrogens (tertiary/aromatic N) is 1. The van der Waals surface area contributed by atoms with Crippen molar-refractivity contribution < 1.29 is 18.3 Å². The first-order valence-corrected chi connectivity index (χ1v) is 8.14. The first-order valence-electron chi connectivity index (χ1n) is 8.14. The average Bonchev–Trinajstić information content (AvgIpc) is 3.29. The van der Waals surface area contributed by atoms with E-state index in [0.29, 0.717) is 38.0 Å². The molecular weight excluding hydrogens is 302 g/mol. The van der Waals surface area contributed by atoms with Gasteiger partial charge in [-0.1, -0.05) is 6.92 Å². The lowest BCUT2D eigenvalue weighted by molar-refractivity contribution is -0.129. The van der Waals surface area contributed by atoms with E-state index in [1.165, 1.54) is 12.1 Å². The molecule has 4 nitrogen and oxygen atoms in total. The van der Waals surface area contributed by atoms with Crippen LogP contribution in [0.15, 0.2) is 18.2 Å². The number of benzene rings is 1. The number of nitrogens with one attached hydrogen (secondary N) is 1. The van der Waals surface area contributed by atoms with Crippen LogP contribution in [-0.2, 0) is 15.1 Å². The predicted molar refractivity (Wildman–Crippen MR) is 81.9 cm³/mol. The summed E-state index contributed by atoms with van der Waals surface area (Å²) in [5, 5.41) is 3.03. The van der Waals surface area contributed by atoms with Crippen LogP contribution in [0.1, 0.15) is 31.7 Å². The van der Waals surface area contributed by atoms with Crippen molar-refractivity contribution in [1.29, 1.82) is 0 Å². The summed E-state index contributed by atoms with van der Waals surface area (Å²) >= 11 is 0. The van der Waals surface area contributed by atoms with Gasteiger partial charge in [0.05, 0.1) is 24.8 Å². The summed E-state index contributed by atoms with van der Waals surface area (Å²) in [6, 6.07) is 3.25. The number of ether oxygens (including phenoxy) is 1. The van der Waals surface area contributed by atoms with E-state index in [1.807, 2.05) is 6.92 Å². The lowest BCUT2D eigenvalue weighted by Crippen LogP contribution is -2.52. The molecule has 1 aromatic rings. The summed E-state index contributed by atoms with van der Waals surface area (Å²) in [5.41, 5.74) is -0.0973. The van der Waals surface area contributed by atoms with Gasteiger partial charge in [0, 0.05) is 19.2 Å². The van der Waals surface area contributed by atoms with Crippen LogP contribution >= 0.6 is 0 Å². The Kier molecular flexibility index (Phi) is 4.64. The molecule has 0 unspecified atom stereocenters. The normalized spacial score (nSPS) is 21.7. The molecule has 0 radical (unpaired) electrons. The number of carbonyl (C=O) groups is 1. The Morgan fingerprint density at radius 1 is 1.26 bits per heavy atom. The minimum absolute atomic E-state index is 0.0726. The molecule has 1 saturated carbocycles. The molecule has 0 spiro atoms. The second-order valence-corrected chi connectivity index (χ2v) is 6.30. The van der Waals surface area contributed by atoms with E-state index >= 15 is 0 Å². The fourth-order valence-corrected chi connectivity index (χ4v) is 3.26. The Hall–Kier alpha value is -1.53. The van der Waals surface area contributed by atoms with Crippen molar-refractivity contribution in [2.75, 3.05) is 26.3 Å². The number of hydrogen-bond acceptors (Lipinski definition) is 3. The first-order chi connectivity index (χ1) is 11.0. The van der Waals surface area contributed by atoms with Crippen molar-refractivity contribution in [3.05, 3.63) is 35.4 Å². The average molecular weight is 324 g/mol. The minimum atomic E-state index is -0.611. The molecule has 23 heavy (non-hydrogen) atoms. The topological polar surface area (TPSA) is 41.6 Å². The Morgan fingerprint density at radius 2 is 1.87 bits per heavy atom. The van der Waals surface area contributed by atoms with Crippen molar-refractivity contribution in [3.63, 3.8) is 0 Å². The van der Waals surface area contributed by atoms with Crippen LogP contribution in [0.2, 0.25) is 0 Å². The Balaban J connectivity index is 1.73. The smallest absolute Gasteiger partial charge is 0.238 e. The molecule has 0 aromatic heterocycles. The number of halogens is 2. The van der Waals surface area contributed by atoms with Gasteiger partial charge in [0.1, 0.15) is 11.6 Å². The summed E-state index contributed by atoms with van der Waals surface area (Å²) in [4.78, 5) is 14.8. The molecule has 2 aliphatic rings. The van der Waals surface area contributed by atoms with E-state index in [9.17, 15) is 13.6 Å². The highest BCUT2D eigenvalue weighted by atomic mass is 19.1. The number of morpholine rings is 1. The van der Waals surface area contributed by atoms with Gasteiger partial charge in [-0.25, -0.2) is 8.78 Å². The van der Waals surface area contributed by atoms with Crippen molar-refractivity contribution >= 4 is 5.91 Å². The largest absolute Gasteiger partial charge is 0.379 e. The monoisotopic (exact) mass is 324 g/mol. The molecular formula is C17H22F2N2O2. The number of hydrogen-bond donors (Lipinski definition) is 1. The molecule has 1 heterocycles. The molecule has 1 aromatic carbocycles. The van der Waals surface area contributed by atoms with Crippen molar-refractivity contribution in [1.82, 2.24) is 10.2 Å². The molecule has 1 N–H and O–H groups in total. The highest BCUT2D eigenvalue weighted by Gasteiger charge is 2.47. The van der Waals surface area contributed by atoms with Gasteiger partial charge in [-0.05, 0) is 37.0 Å². The van der Waals surface area contributed by atoms with Gasteiger partial charge in [-0.15, -0.1) is 0 Å². The quantitative estimate of drug-likeness (QED) is 0.903. The Bertz CT molecular complexity index is 564. The van der Waals surface area contributed by atoms with Gasteiger partial charge in [-0.3, -0.25) is 9.69 Å². The maximum Gasteiger partial charge on any atom is 0.238 e. The molecule has 1 saturated heterocycles. The van der Waals surface area contributed by atoms with Gasteiger partial charge >= 0.3 is 0 Å². The fraction of sp³-hybridized carbons (Fsp3) is 0.588. The molecule has 126 valence electrons. The van der Waals surface area contributed by atoms with E-state index in [2.05, 4.69) is 10.2 Å². The van der Waals surface area contributed by atoms with E-state index in [4.69, 9.17) is 4.74 Å². The van der Waals surface area contributed by atoms with Gasteiger partial charge in [0.25, 0.3) is 0 Å². The zero-order valence-electron chi connectivity index (χ0n) is 13.3. The fourth-order valence-electron chi connectivity index (χ4n) is 3.26. The maximum atomic E-state index is 13.5. The van der Waals surface area contributed by atoms with Crippen LogP contribution in [0.4, 0.5) is 8.78 Å². The molecule has 1 aliphatic carbocycles. The highest BCUT2D eigenvalue weighted by molar-refractivity contribution is 5.83. The second-order valence-electron chi connectivity index (χ2n) is 6.30. The van der Waals surface area contributed by atoms with Gasteiger partial charge in [0.2, 0.25) is 5.91 Å². The molecule has 3 rings (SSSR count). The SMILES string of the molecule is CC[C@@H](C(=O)NC1(c2cc(F)cc(F)c2)CC1)N1CCOCC1. The van der Waals surface area contributed by atoms with Gasteiger partial charge < -0.3 is 10.1 Å². The van der Waals surface area contributed by atoms with Crippen LogP contribution in [0, 0.1) is 11.6 Å². The number of amides is 1. The third-order valence-corrected chi connectivity index (χ3v) is 4.70. The predicted octanol–water partition coefficient (Wildman–Crippen LogP) is 2.18. The summed E-state index contributed by atoms with van der Waals surface area (Å²) in [6.45, 7) is 4.69. The van der Waals surface area contributed by atoms with Crippen molar-refractivity contribution in [2.45, 2.75) is 37.8 Å². The molecule has 2 fully saturated rings. The maximum absolute atomic E-state index is 13.5. The van der Waals surface area contributed by atoms with E-state index < -0.39 is 17.2 Å². The van der Waals surface area contributed by atoms with E-state index in [-0.39, 0.29) is 11.9 Å². The Morgan fingerprint density at radius 3 is 2.39 bits per heavy atom. The van der Waals surface area contributed by atoms with Crippen LogP contribution in [0.25, 0.3) is 0 Å². The van der Waals surface area contributed by atoms with Crippen LogP contribution in [0.5, 0.6) is 0 Å². The zero-order chi connectivity index (χ0) is 16.4. The van der Waals surface area contributed by atoms with Crippen LogP contribution < -0.4 is 5.32 Å². The highest BCUT2D eigenvalue weighted by Crippen LogP contribution is 2.46. The summed E-state index contributed by atoms with van der Waals surface area (Å²) in [7, 11) is 0. The minimum Gasteiger partial charge on any atom is -0.379 e. The molecule has 1 amide bonds. The van der Waals surface area contributed by atoms with Crippen LogP contribution in [0.3, 0.4) is 0 Å². The third-order valence-electron chi connectivity index (χ3n) is 4.70. The first kappa shape index (κ1) is 16.3. The molecule has 0 bridgehead atoms. The summed E-state index contributed by atoms with van der Waals surface area (Å²) < 4.78 is 32.3. The van der Waals surface area contributed by atoms with Gasteiger partial charge in [0.15, 0.2) is 0 Å². The lowest BCUT2D eigenvalue weighted by Gasteiger charge is -2.34. The van der Waals surface area contributed by atoms with Gasteiger partial charge in [-0.2, -0.15) is 0 Å². The summed E-state index contributed by atoms with van der Waals surface area (Å²) in [5.74, 6) is -1.29. The molecule has 1 aliphatic heterocycles. The number of carbonyl (C=O) groups excluding carboxylic acids is 1. The van der Waals surface area contributed by atoms with E-state index in [0.717, 1.165) is 19.2 Å². The third kappa shape index (κ3) is 3.53. The molecule has 1 atom stereocenters. The Labute approximate surface area is 134 Å². The standard InChI is InChI=1S/C17H22F2N2O2/c1-2-15(21-5-7-23-8-6-21)16(22)20-17(3-4-17)12-9-13(18)11-14(19)10-12/h9-11,15H,2-8H2,1H3,(H,20,22)/t15-/m0/s1.